The van der Waals surface area contributed by atoms with Crippen LogP contribution in [0.2, 0.25) is 0 Å². The second kappa shape index (κ2) is 8.61. The van der Waals surface area contributed by atoms with Crippen molar-refractivity contribution in [2.75, 3.05) is 33.0 Å². The predicted molar refractivity (Wildman–Crippen MR) is 116 cm³/mol. The quantitative estimate of drug-likeness (QED) is 0.663. The van der Waals surface area contributed by atoms with E-state index in [1.54, 1.807) is 18.2 Å². The van der Waals surface area contributed by atoms with Crippen LogP contribution >= 0.6 is 0 Å². The van der Waals surface area contributed by atoms with Gasteiger partial charge < -0.3 is 14.4 Å². The SMILES string of the molecule is Cc1ccc(S(=O)(=O)/C(C#N)=C\N2CCN(Cc3ccc4c(c3)OCO4)CC2)cc1C. The van der Waals surface area contributed by atoms with Gasteiger partial charge in [-0.25, -0.2) is 8.42 Å². The molecule has 31 heavy (non-hydrogen) atoms. The third-order valence-electron chi connectivity index (χ3n) is 5.74. The highest BCUT2D eigenvalue weighted by Gasteiger charge is 2.24. The fourth-order valence-electron chi connectivity index (χ4n) is 3.68. The van der Waals surface area contributed by atoms with Crippen molar-refractivity contribution < 1.29 is 17.9 Å². The van der Waals surface area contributed by atoms with E-state index in [0.29, 0.717) is 13.1 Å². The topological polar surface area (TPSA) is 82.9 Å². The van der Waals surface area contributed by atoms with E-state index >= 15 is 0 Å². The Hall–Kier alpha value is -3.02. The van der Waals surface area contributed by atoms with Gasteiger partial charge in [-0.2, -0.15) is 5.26 Å². The third kappa shape index (κ3) is 4.53. The highest BCUT2D eigenvalue weighted by atomic mass is 32.2. The maximum absolute atomic E-state index is 12.9. The van der Waals surface area contributed by atoms with Crippen LogP contribution in [0.5, 0.6) is 11.5 Å². The minimum atomic E-state index is -3.84. The monoisotopic (exact) mass is 439 g/mol. The van der Waals surface area contributed by atoms with Crippen LogP contribution in [0.25, 0.3) is 0 Å². The van der Waals surface area contributed by atoms with Crippen LogP contribution in [-0.4, -0.2) is 51.2 Å². The van der Waals surface area contributed by atoms with Crippen molar-refractivity contribution in [1.29, 1.82) is 5.26 Å². The van der Waals surface area contributed by atoms with E-state index in [-0.39, 0.29) is 16.6 Å². The first kappa shape index (κ1) is 21.2. The number of nitrogens with zero attached hydrogens (tertiary/aromatic N) is 3. The Morgan fingerprint density at radius 1 is 1.03 bits per heavy atom. The van der Waals surface area contributed by atoms with Gasteiger partial charge >= 0.3 is 0 Å². The normalized spacial score (nSPS) is 16.9. The van der Waals surface area contributed by atoms with E-state index in [4.69, 9.17) is 9.47 Å². The highest BCUT2D eigenvalue weighted by molar-refractivity contribution is 7.95. The number of rotatable bonds is 5. The van der Waals surface area contributed by atoms with Crippen LogP contribution in [0.1, 0.15) is 16.7 Å². The van der Waals surface area contributed by atoms with Crippen molar-refractivity contribution in [3.8, 4) is 17.6 Å². The Morgan fingerprint density at radius 2 is 1.77 bits per heavy atom. The lowest BCUT2D eigenvalue weighted by molar-refractivity contribution is 0.161. The summed E-state index contributed by atoms with van der Waals surface area (Å²) in [7, 11) is -3.84. The molecule has 0 bridgehead atoms. The van der Waals surface area contributed by atoms with Crippen molar-refractivity contribution >= 4 is 9.84 Å². The minimum Gasteiger partial charge on any atom is -0.454 e. The number of hydrogen-bond acceptors (Lipinski definition) is 7. The molecule has 2 aromatic carbocycles. The van der Waals surface area contributed by atoms with Crippen molar-refractivity contribution in [1.82, 2.24) is 9.80 Å². The van der Waals surface area contributed by atoms with Gasteiger partial charge in [0, 0.05) is 38.9 Å². The molecule has 2 aromatic rings. The van der Waals surface area contributed by atoms with Crippen LogP contribution in [0.3, 0.4) is 0 Å². The summed E-state index contributed by atoms with van der Waals surface area (Å²) in [6.07, 6.45) is 1.49. The standard InChI is InChI=1S/C23H25N3O4S/c1-17-3-5-20(11-18(17)2)31(27,28)21(13-24)15-26-9-7-25(8-10-26)14-19-4-6-22-23(12-19)30-16-29-22/h3-6,11-12,15H,7-10,14,16H2,1-2H3/b21-15-. The lowest BCUT2D eigenvalue weighted by atomic mass is 10.1. The van der Waals surface area contributed by atoms with Gasteiger partial charge in [0.15, 0.2) is 16.4 Å². The second-order valence-corrected chi connectivity index (χ2v) is 9.77. The summed E-state index contributed by atoms with van der Waals surface area (Å²) in [6, 6.07) is 12.8. The predicted octanol–water partition coefficient (Wildman–Crippen LogP) is 2.99. The number of aryl methyl sites for hydroxylation is 2. The van der Waals surface area contributed by atoms with Crippen molar-refractivity contribution in [3.63, 3.8) is 0 Å². The summed E-state index contributed by atoms with van der Waals surface area (Å²) in [6.45, 7) is 7.67. The molecule has 0 aromatic heterocycles. The molecule has 0 aliphatic carbocycles. The molecule has 0 radical (unpaired) electrons. The Balaban J connectivity index is 1.41. The van der Waals surface area contributed by atoms with Crippen LogP contribution in [0.4, 0.5) is 0 Å². The van der Waals surface area contributed by atoms with Crippen molar-refractivity contribution in [2.24, 2.45) is 0 Å². The first-order valence-corrected chi connectivity index (χ1v) is 11.6. The summed E-state index contributed by atoms with van der Waals surface area (Å²) < 4.78 is 36.7. The first-order valence-electron chi connectivity index (χ1n) is 10.2. The summed E-state index contributed by atoms with van der Waals surface area (Å²) in [5.74, 6) is 1.54. The van der Waals surface area contributed by atoms with Gasteiger partial charge in [0.25, 0.3) is 0 Å². The fraction of sp³-hybridized carbons (Fsp3) is 0.348. The number of piperazine rings is 1. The van der Waals surface area contributed by atoms with E-state index in [2.05, 4.69) is 4.90 Å². The van der Waals surface area contributed by atoms with Gasteiger partial charge in [0.2, 0.25) is 16.6 Å². The molecule has 7 nitrogen and oxygen atoms in total. The lowest BCUT2D eigenvalue weighted by Crippen LogP contribution is -2.43. The average molecular weight is 440 g/mol. The minimum absolute atomic E-state index is 0.157. The number of hydrogen-bond donors (Lipinski definition) is 0. The summed E-state index contributed by atoms with van der Waals surface area (Å²) in [5.41, 5.74) is 3.04. The number of sulfone groups is 1. The summed E-state index contributed by atoms with van der Waals surface area (Å²) in [5, 5.41) is 9.54. The Kier molecular flexibility index (Phi) is 5.90. The fourth-order valence-corrected chi connectivity index (χ4v) is 4.92. The number of nitriles is 1. The Bertz CT molecular complexity index is 1160. The molecular formula is C23H25N3O4S. The lowest BCUT2D eigenvalue weighted by Gasteiger charge is -2.34. The highest BCUT2D eigenvalue weighted by Crippen LogP contribution is 2.33. The first-order chi connectivity index (χ1) is 14.9. The number of ether oxygens (including phenoxy) is 2. The molecule has 1 fully saturated rings. The second-order valence-electron chi connectivity index (χ2n) is 7.85. The molecule has 0 saturated carbocycles. The molecule has 2 aliphatic rings. The van der Waals surface area contributed by atoms with Gasteiger partial charge in [-0.1, -0.05) is 12.1 Å². The maximum atomic E-state index is 12.9. The van der Waals surface area contributed by atoms with Gasteiger partial charge in [-0.15, -0.1) is 0 Å². The molecule has 0 N–H and O–H groups in total. The third-order valence-corrected chi connectivity index (χ3v) is 7.39. The van der Waals surface area contributed by atoms with E-state index in [0.717, 1.165) is 47.8 Å². The molecular weight excluding hydrogens is 414 g/mol. The molecule has 0 amide bonds. The average Bonchev–Trinajstić information content (AvgIpc) is 3.22. The van der Waals surface area contributed by atoms with Crippen molar-refractivity contribution in [2.45, 2.75) is 25.3 Å². The molecule has 1 saturated heterocycles. The number of fused-ring (bicyclic) bond motifs is 1. The van der Waals surface area contributed by atoms with Crippen LogP contribution in [0, 0.1) is 25.2 Å². The largest absolute Gasteiger partial charge is 0.454 e. The van der Waals surface area contributed by atoms with Gasteiger partial charge in [-0.05, 0) is 54.8 Å². The molecule has 0 spiro atoms. The Morgan fingerprint density at radius 3 is 2.48 bits per heavy atom. The Labute approximate surface area is 183 Å². The molecule has 2 heterocycles. The van der Waals surface area contributed by atoms with E-state index in [9.17, 15) is 13.7 Å². The van der Waals surface area contributed by atoms with E-state index in [1.807, 2.05) is 43.0 Å². The smallest absolute Gasteiger partial charge is 0.231 e. The number of allylic oxidation sites excluding steroid dienone is 1. The molecule has 2 aliphatic heterocycles. The van der Waals surface area contributed by atoms with Crippen LogP contribution in [-0.2, 0) is 16.4 Å². The van der Waals surface area contributed by atoms with Crippen molar-refractivity contribution in [3.05, 3.63) is 64.2 Å². The maximum Gasteiger partial charge on any atom is 0.231 e. The molecule has 162 valence electrons. The van der Waals surface area contributed by atoms with E-state index in [1.165, 1.54) is 6.20 Å². The molecule has 0 atom stereocenters. The van der Waals surface area contributed by atoms with E-state index < -0.39 is 9.84 Å². The van der Waals surface area contributed by atoms with Gasteiger partial charge in [0.05, 0.1) is 4.90 Å². The molecule has 4 rings (SSSR count). The van der Waals surface area contributed by atoms with Crippen LogP contribution < -0.4 is 9.47 Å². The number of benzene rings is 2. The zero-order valence-corrected chi connectivity index (χ0v) is 18.5. The van der Waals surface area contributed by atoms with Crippen LogP contribution in [0.15, 0.2) is 52.4 Å². The molecule has 8 heteroatoms. The molecule has 0 unspecified atom stereocenters. The zero-order valence-electron chi connectivity index (χ0n) is 17.7. The summed E-state index contributed by atoms with van der Waals surface area (Å²) in [4.78, 5) is 4.14. The van der Waals surface area contributed by atoms with Gasteiger partial charge in [0.1, 0.15) is 6.07 Å². The van der Waals surface area contributed by atoms with Gasteiger partial charge in [-0.3, -0.25) is 4.90 Å². The summed E-state index contributed by atoms with van der Waals surface area (Å²) >= 11 is 0. The zero-order chi connectivity index (χ0) is 22.0.